The van der Waals surface area contributed by atoms with Crippen molar-refractivity contribution in [3.63, 3.8) is 0 Å². The van der Waals surface area contributed by atoms with Gasteiger partial charge in [-0.25, -0.2) is 8.78 Å². The molecule has 0 radical (unpaired) electrons. The van der Waals surface area contributed by atoms with Crippen LogP contribution in [0.4, 0.5) is 14.6 Å². The van der Waals surface area contributed by atoms with Gasteiger partial charge in [-0.3, -0.25) is 0 Å². The Kier molecular flexibility index (Phi) is 7.05. The number of phenolic OH excluding ortho intramolecular Hbond substituents is 1. The summed E-state index contributed by atoms with van der Waals surface area (Å²) >= 11 is 0. The van der Waals surface area contributed by atoms with Crippen LogP contribution in [-0.4, -0.2) is 82.6 Å². The van der Waals surface area contributed by atoms with Gasteiger partial charge in [-0.05, 0) is 85.6 Å². The second-order valence-electron chi connectivity index (χ2n) is 15.0. The number of rotatable bonds is 7. The molecule has 4 atom stereocenters. The number of likely N-dealkylation sites (tertiary alicyclic amines) is 1. The summed E-state index contributed by atoms with van der Waals surface area (Å²) in [7, 11) is 0. The van der Waals surface area contributed by atoms with Crippen LogP contribution in [0.25, 0.3) is 32.8 Å². The molecular weight excluding hydrogens is 612 g/mol. The first-order valence-electron chi connectivity index (χ1n) is 17.2. The number of aliphatic hydroxyl groups excluding tert-OH is 1. The number of aliphatic hydroxyl groups is 1. The van der Waals surface area contributed by atoms with E-state index in [0.29, 0.717) is 58.1 Å². The summed E-state index contributed by atoms with van der Waals surface area (Å²) in [5, 5.41) is 25.8. The summed E-state index contributed by atoms with van der Waals surface area (Å²) in [5.74, 6) is 2.94. The fourth-order valence-corrected chi connectivity index (χ4v) is 9.10. The Morgan fingerprint density at radius 1 is 0.979 bits per heavy atom. The summed E-state index contributed by atoms with van der Waals surface area (Å²) < 4.78 is 38.2. The van der Waals surface area contributed by atoms with Crippen molar-refractivity contribution in [3.8, 4) is 35.2 Å². The molecule has 0 spiro atoms. The van der Waals surface area contributed by atoms with E-state index in [-0.39, 0.29) is 39.9 Å². The Labute approximate surface area is 278 Å². The molecule has 0 amide bonds. The van der Waals surface area contributed by atoms with E-state index in [9.17, 15) is 14.6 Å². The topological polar surface area (TPSA) is 94.0 Å². The molecule has 2 bridgehead atoms. The van der Waals surface area contributed by atoms with E-state index in [2.05, 4.69) is 26.0 Å². The van der Waals surface area contributed by atoms with E-state index in [1.54, 1.807) is 6.07 Å². The summed E-state index contributed by atoms with van der Waals surface area (Å²) in [6.07, 6.45) is 11.7. The number of nitrogens with one attached hydrogen (secondary N) is 1. The molecule has 3 aromatic carbocycles. The van der Waals surface area contributed by atoms with Gasteiger partial charge in [-0.2, -0.15) is 9.97 Å². The van der Waals surface area contributed by atoms with Crippen LogP contribution in [-0.2, 0) is 0 Å². The van der Waals surface area contributed by atoms with Crippen LogP contribution < -0.4 is 15.0 Å². The maximum atomic E-state index is 16.9. The number of anilines is 1. The molecule has 2 saturated carbocycles. The van der Waals surface area contributed by atoms with Gasteiger partial charge in [0.2, 0.25) is 0 Å². The first kappa shape index (κ1) is 30.1. The molecule has 4 unspecified atom stereocenters. The lowest BCUT2D eigenvalue weighted by molar-refractivity contribution is 0.142. The Balaban J connectivity index is 1.09. The number of piperazine rings is 1. The molecule has 10 heteroatoms. The second kappa shape index (κ2) is 11.3. The van der Waals surface area contributed by atoms with E-state index in [0.717, 1.165) is 71.2 Å². The maximum absolute atomic E-state index is 16.9. The van der Waals surface area contributed by atoms with Gasteiger partial charge in [0.25, 0.3) is 0 Å². The molecule has 48 heavy (non-hydrogen) atoms. The van der Waals surface area contributed by atoms with Crippen LogP contribution in [0.15, 0.2) is 36.4 Å². The highest BCUT2D eigenvalue weighted by atomic mass is 19.1. The van der Waals surface area contributed by atoms with Gasteiger partial charge in [0.15, 0.2) is 5.82 Å². The van der Waals surface area contributed by atoms with Crippen molar-refractivity contribution in [2.75, 3.05) is 44.2 Å². The molecule has 4 aromatic rings. The number of hydrogen-bond acceptors (Lipinski definition) is 8. The Hall–Kier alpha value is -4.04. The Morgan fingerprint density at radius 3 is 2.44 bits per heavy atom. The summed E-state index contributed by atoms with van der Waals surface area (Å²) in [4.78, 5) is 14.4. The van der Waals surface area contributed by atoms with Crippen molar-refractivity contribution in [2.24, 2.45) is 17.3 Å². The standard InChI is InChI=1S/C38H39F2N5O3/c1-2-28-32(39)8-3-21-11-27(47)14-31(33(21)28)29-6-7-30-35(34(29)40)42-37(43-36(30)45-17-24-4-5-25(18-45)41-24)48-20-38(9-10-38)19-44-15-22-12-26(46)13-23(22)16-44/h1,3,6-8,11,14,22-26,41,46-47H,4-5,9-10,12-13,15-20H2. The first-order valence-corrected chi connectivity index (χ1v) is 17.2. The highest BCUT2D eigenvalue weighted by Crippen LogP contribution is 2.49. The van der Waals surface area contributed by atoms with Crippen LogP contribution in [0, 0.1) is 41.2 Å². The molecule has 8 nitrogen and oxygen atoms in total. The molecule has 5 aliphatic rings. The number of ether oxygens (including phenoxy) is 1. The maximum Gasteiger partial charge on any atom is 0.319 e. The summed E-state index contributed by atoms with van der Waals surface area (Å²) in [5.41, 5.74) is 0.590. The molecule has 2 aliphatic carbocycles. The molecule has 4 heterocycles. The van der Waals surface area contributed by atoms with Crippen LogP contribution in [0.3, 0.4) is 0 Å². The number of terminal acetylenes is 1. The summed E-state index contributed by atoms with van der Waals surface area (Å²) in [6, 6.07) is 9.98. The molecule has 248 valence electrons. The minimum absolute atomic E-state index is 0.0122. The van der Waals surface area contributed by atoms with Gasteiger partial charge in [-0.1, -0.05) is 18.1 Å². The van der Waals surface area contributed by atoms with Gasteiger partial charge in [0.05, 0.1) is 18.3 Å². The van der Waals surface area contributed by atoms with Crippen LogP contribution in [0.1, 0.15) is 44.1 Å². The zero-order valence-electron chi connectivity index (χ0n) is 26.8. The number of aromatic nitrogens is 2. The van der Waals surface area contributed by atoms with Crippen molar-refractivity contribution in [2.45, 2.75) is 56.7 Å². The van der Waals surface area contributed by atoms with Gasteiger partial charge in [0.1, 0.15) is 22.9 Å². The number of hydrogen-bond donors (Lipinski definition) is 3. The van der Waals surface area contributed by atoms with Crippen LogP contribution in [0.5, 0.6) is 11.8 Å². The zero-order chi connectivity index (χ0) is 32.7. The number of halogens is 2. The van der Waals surface area contributed by atoms with E-state index in [4.69, 9.17) is 16.1 Å². The second-order valence-corrected chi connectivity index (χ2v) is 15.0. The smallest absolute Gasteiger partial charge is 0.319 e. The van der Waals surface area contributed by atoms with Crippen LogP contribution >= 0.6 is 0 Å². The molecule has 3 aliphatic heterocycles. The minimum atomic E-state index is -0.606. The quantitative estimate of drug-likeness (QED) is 0.235. The number of fused-ring (bicyclic) bond motifs is 5. The van der Waals surface area contributed by atoms with Crippen molar-refractivity contribution >= 4 is 27.5 Å². The van der Waals surface area contributed by atoms with Gasteiger partial charge < -0.3 is 30.1 Å². The predicted molar refractivity (Wildman–Crippen MR) is 180 cm³/mol. The zero-order valence-corrected chi connectivity index (χ0v) is 26.8. The highest BCUT2D eigenvalue weighted by Gasteiger charge is 2.48. The van der Waals surface area contributed by atoms with Gasteiger partial charge in [0, 0.05) is 66.6 Å². The molecular formula is C38H39F2N5O3. The van der Waals surface area contributed by atoms with Gasteiger partial charge >= 0.3 is 6.01 Å². The lowest BCUT2D eigenvalue weighted by Gasteiger charge is -2.34. The summed E-state index contributed by atoms with van der Waals surface area (Å²) in [6.45, 7) is 4.94. The van der Waals surface area contributed by atoms with Crippen LogP contribution in [0.2, 0.25) is 0 Å². The lowest BCUT2D eigenvalue weighted by atomic mass is 9.93. The third-order valence-corrected chi connectivity index (χ3v) is 11.6. The fraction of sp³-hybridized carbons (Fsp3) is 0.474. The average molecular weight is 652 g/mol. The monoisotopic (exact) mass is 651 g/mol. The van der Waals surface area contributed by atoms with Crippen molar-refractivity contribution in [1.29, 1.82) is 0 Å². The minimum Gasteiger partial charge on any atom is -0.508 e. The largest absolute Gasteiger partial charge is 0.508 e. The fourth-order valence-electron chi connectivity index (χ4n) is 9.10. The third kappa shape index (κ3) is 5.15. The molecule has 3 saturated heterocycles. The Bertz CT molecular complexity index is 1970. The molecule has 1 aromatic heterocycles. The normalized spacial score (nSPS) is 27.5. The van der Waals surface area contributed by atoms with Crippen molar-refractivity contribution < 1.29 is 23.7 Å². The number of aromatic hydroxyl groups is 1. The average Bonchev–Trinajstić information content (AvgIpc) is 3.43. The lowest BCUT2D eigenvalue weighted by Crippen LogP contribution is -2.51. The van der Waals surface area contributed by atoms with E-state index >= 15 is 4.39 Å². The Morgan fingerprint density at radius 2 is 1.73 bits per heavy atom. The third-order valence-electron chi connectivity index (χ3n) is 11.6. The van der Waals surface area contributed by atoms with Gasteiger partial charge in [-0.15, -0.1) is 6.42 Å². The molecule has 9 rings (SSSR count). The number of nitrogens with zero attached hydrogens (tertiary/aromatic N) is 4. The molecule has 5 fully saturated rings. The first-order chi connectivity index (χ1) is 23.3. The van der Waals surface area contributed by atoms with Crippen molar-refractivity contribution in [1.82, 2.24) is 20.2 Å². The molecule has 3 N–H and O–H groups in total. The predicted octanol–water partition coefficient (Wildman–Crippen LogP) is 5.22. The highest BCUT2D eigenvalue weighted by molar-refractivity contribution is 6.04. The number of benzene rings is 3. The van der Waals surface area contributed by atoms with E-state index < -0.39 is 11.6 Å². The van der Waals surface area contributed by atoms with Crippen molar-refractivity contribution in [3.05, 3.63) is 53.6 Å². The van der Waals surface area contributed by atoms with E-state index in [1.165, 1.54) is 24.3 Å². The number of phenols is 1. The van der Waals surface area contributed by atoms with E-state index in [1.807, 2.05) is 6.07 Å². The SMILES string of the molecule is C#Cc1c(F)ccc2cc(O)cc(-c3ccc4c(N5CC6CCC(C5)N6)nc(OCC5(CN6CC7CC(O)CC7C6)CC5)nc4c3F)c12.